The molecule has 2 aromatic heterocycles. The summed E-state index contributed by atoms with van der Waals surface area (Å²) in [5.74, 6) is -3.92. The van der Waals surface area contributed by atoms with Crippen molar-refractivity contribution in [2.75, 3.05) is 18.6 Å². The first-order valence-electron chi connectivity index (χ1n) is 19.2. The molecule has 2 fully saturated rings. The number of nitrogens with one attached hydrogen (secondary N) is 4. The van der Waals surface area contributed by atoms with Crippen LogP contribution in [0, 0.1) is 5.41 Å². The van der Waals surface area contributed by atoms with E-state index in [-0.39, 0.29) is 33.4 Å². The van der Waals surface area contributed by atoms with Crippen molar-refractivity contribution >= 4 is 76.1 Å². The van der Waals surface area contributed by atoms with Gasteiger partial charge in [-0.3, -0.25) is 34.4 Å². The number of β-lactam (4-membered cyclic amide) rings is 2. The summed E-state index contributed by atoms with van der Waals surface area (Å²) in [6.07, 6.45) is 8.33. The maximum absolute atomic E-state index is 13.0. The largest absolute Gasteiger partial charge is 0.543 e. The predicted molar refractivity (Wildman–Crippen MR) is 223 cm³/mol. The normalized spacial score (nSPS) is 22.1. The van der Waals surface area contributed by atoms with Crippen LogP contribution in [-0.2, 0) is 53.0 Å². The first kappa shape index (κ1) is 43.8. The lowest BCUT2D eigenvalue weighted by atomic mass is 10.0. The predicted octanol–water partition coefficient (Wildman–Crippen LogP) is -0.507. The molecule has 0 bridgehead atoms. The number of rotatable bonds is 12. The third kappa shape index (κ3) is 8.49. The number of amides is 4. The molecule has 6 heterocycles. The maximum Gasteiger partial charge on any atom is 0.352 e. The number of carbonyl (C=O) groups excluding carboxylic acids is 5. The monoisotopic (exact) mass is 903 g/mol. The second-order valence-corrected chi connectivity index (χ2v) is 17.5. The Morgan fingerprint density at radius 1 is 1.06 bits per heavy atom. The third-order valence-electron chi connectivity index (χ3n) is 10.6. The number of pyridine rings is 1. The highest BCUT2D eigenvalue weighted by Crippen LogP contribution is 2.42. The fourth-order valence-electron chi connectivity index (χ4n) is 7.74. The number of H-pyrrole nitrogens is 1. The molecule has 1 aliphatic carbocycles. The first-order valence-corrected chi connectivity index (χ1v) is 22.1. The van der Waals surface area contributed by atoms with Gasteiger partial charge in [-0.15, -0.1) is 34.9 Å². The number of aromatic nitrogens is 2. The van der Waals surface area contributed by atoms with Crippen LogP contribution in [0.25, 0.3) is 0 Å². The molecule has 19 nitrogen and oxygen atoms in total. The number of thiazole rings is 1. The topological polar surface area (TPSA) is 288 Å². The van der Waals surface area contributed by atoms with Gasteiger partial charge in [-0.25, -0.2) is 4.79 Å². The van der Waals surface area contributed by atoms with E-state index in [4.69, 9.17) is 16.0 Å². The number of thioether (sulfide) groups is 2. The number of fused-ring (bicyclic) bond motifs is 3. The van der Waals surface area contributed by atoms with Crippen molar-refractivity contribution in [3.63, 3.8) is 0 Å². The highest BCUT2D eigenvalue weighted by atomic mass is 32.2. The Hall–Kier alpha value is -6.23. The molecular weight excluding hydrogens is 863 g/mol. The van der Waals surface area contributed by atoms with E-state index in [1.54, 1.807) is 24.5 Å². The van der Waals surface area contributed by atoms with E-state index in [2.05, 4.69) is 31.4 Å². The molecule has 3 aromatic rings. The van der Waals surface area contributed by atoms with Crippen molar-refractivity contribution in [2.45, 2.75) is 61.6 Å². The highest BCUT2D eigenvalue weighted by molar-refractivity contribution is 8.00. The molecule has 5 atom stereocenters. The lowest BCUT2D eigenvalue weighted by Crippen LogP contribution is -2.71. The van der Waals surface area contributed by atoms with Crippen LogP contribution in [0.1, 0.15) is 41.9 Å². The molecule has 5 aliphatic rings. The number of aromatic amines is 1. The molecule has 22 heteroatoms. The summed E-state index contributed by atoms with van der Waals surface area (Å²) in [6, 6.07) is 7.18. The molecule has 2 saturated heterocycles. The number of aromatic hydroxyl groups is 1. The van der Waals surface area contributed by atoms with E-state index in [1.165, 1.54) is 76.0 Å². The molecule has 324 valence electrons. The summed E-state index contributed by atoms with van der Waals surface area (Å²) in [5, 5.41) is 48.0. The number of nitrogens with two attached hydrogens (primary N) is 1. The molecule has 8 N–H and O–H groups in total. The average Bonchev–Trinajstić information content (AvgIpc) is 3.93. The van der Waals surface area contributed by atoms with Crippen molar-refractivity contribution in [2.24, 2.45) is 10.9 Å². The van der Waals surface area contributed by atoms with Gasteiger partial charge in [0.1, 0.15) is 47.4 Å². The summed E-state index contributed by atoms with van der Waals surface area (Å²) in [7, 11) is 1.28. The number of allylic oxidation sites excluding steroid dienone is 2. The van der Waals surface area contributed by atoms with Gasteiger partial charge in [0, 0.05) is 40.5 Å². The number of nitrogens with zero attached hydrogens (tertiary/aromatic N) is 4. The zero-order valence-electron chi connectivity index (χ0n) is 33.2. The summed E-state index contributed by atoms with van der Waals surface area (Å²) < 4.78 is 2.05. The lowest BCUT2D eigenvalue weighted by molar-refractivity contribution is -0.696. The van der Waals surface area contributed by atoms with E-state index in [0.29, 0.717) is 34.8 Å². The van der Waals surface area contributed by atoms with E-state index in [9.17, 15) is 44.1 Å². The quantitative estimate of drug-likeness (QED) is 0.0523. The van der Waals surface area contributed by atoms with Gasteiger partial charge in [0.2, 0.25) is 5.91 Å². The van der Waals surface area contributed by atoms with E-state index in [0.717, 1.165) is 30.6 Å². The molecule has 0 radical (unpaired) electrons. The Bertz CT molecular complexity index is 2530. The Morgan fingerprint density at radius 2 is 1.74 bits per heavy atom. The van der Waals surface area contributed by atoms with Gasteiger partial charge in [0.05, 0.1) is 17.4 Å². The number of hydrogen-bond acceptors (Lipinski definition) is 15. The molecule has 4 amide bonds. The second-order valence-electron chi connectivity index (χ2n) is 14.4. The molecular formula is C40H41N9O10S3. The number of carboxylic acids is 2. The Labute approximate surface area is 365 Å². The number of hydrogen-bond donors (Lipinski definition) is 7. The minimum Gasteiger partial charge on any atom is -0.543 e. The van der Waals surface area contributed by atoms with Crippen molar-refractivity contribution in [1.29, 1.82) is 5.41 Å². The Morgan fingerprint density at radius 3 is 2.37 bits per heavy atom. The fourth-order valence-corrected chi connectivity index (χ4v) is 11.0. The van der Waals surface area contributed by atoms with Crippen molar-refractivity contribution < 1.29 is 53.5 Å². The van der Waals surface area contributed by atoms with E-state index in [1.807, 2.05) is 12.3 Å². The number of aliphatic carboxylic acids is 2. The van der Waals surface area contributed by atoms with Gasteiger partial charge in [-0.05, 0) is 49.1 Å². The number of aryl methyl sites for hydroxylation is 1. The SMILES string of the molecule is C/C=C/C1=C(C(=O)O)N2C(=O)[C@@H](NC(=O)[C@H](N)c3ccc(O)cc3)[C@H]2SC1.CO/N=C(\C(=O)N[C@@H]1C(=O)N2C(C(=O)[O-])=C(C[n+]3cccc4c3CCC4)CS[C@@H]12)c1csc(=N)[nH]1. The van der Waals surface area contributed by atoms with E-state index >= 15 is 0 Å². The number of oxime groups is 1. The van der Waals surface area contributed by atoms with E-state index < -0.39 is 64.4 Å². The van der Waals surface area contributed by atoms with Crippen LogP contribution in [0.15, 0.2) is 87.8 Å². The molecule has 1 aromatic carbocycles. The van der Waals surface area contributed by atoms with Crippen LogP contribution in [0.3, 0.4) is 0 Å². The fraction of sp³-hybridized carbons (Fsp3) is 0.325. The first-order chi connectivity index (χ1) is 29.7. The molecule has 62 heavy (non-hydrogen) atoms. The Balaban J connectivity index is 0.000000193. The maximum atomic E-state index is 13.0. The van der Waals surface area contributed by atoms with Crippen LogP contribution >= 0.6 is 34.9 Å². The van der Waals surface area contributed by atoms with Crippen LogP contribution in [0.5, 0.6) is 5.75 Å². The van der Waals surface area contributed by atoms with Gasteiger partial charge in [-0.2, -0.15) is 4.57 Å². The summed E-state index contributed by atoms with van der Waals surface area (Å²) in [4.78, 5) is 84.5. The van der Waals surface area contributed by atoms with Crippen LogP contribution in [0.2, 0.25) is 0 Å². The number of carboxylic acid groups (broad SMARTS) is 2. The zero-order valence-corrected chi connectivity index (χ0v) is 35.6. The van der Waals surface area contributed by atoms with Gasteiger partial charge >= 0.3 is 5.97 Å². The standard InChI is InChI=1S/C22H22N6O5S2.C18H19N3O5S/c1-33-26-15(13-10-35-22(23)24-13)18(29)25-16-19(30)28-17(21(31)32)12(9-34-20(16)28)8-27-7-3-5-11-4-2-6-14(11)27;1-2-3-10-8-27-17-13(16(24)21(17)14(10)18(25)26)20-15(23)12(19)9-4-6-11(22)7-5-9/h3,5,7,10,16,20H,2,4,6,8-9H2,1H3,(H3-,23,24,25,29,31,32);2-7,12-13,17,22H,8,19H2,1H3,(H,20,23)(H,25,26)/b26-15-;3-2+/t16-,20+;12-,13-,17-/m11/s1. The number of carbonyl (C=O) groups is 6. The zero-order chi connectivity index (χ0) is 44.4. The summed E-state index contributed by atoms with van der Waals surface area (Å²) >= 11 is 3.86. The van der Waals surface area contributed by atoms with Gasteiger partial charge in [0.15, 0.2) is 28.9 Å². The molecule has 0 saturated carbocycles. The third-order valence-corrected chi connectivity index (χ3v) is 14.0. The molecule has 0 spiro atoms. The molecule has 4 aliphatic heterocycles. The van der Waals surface area contributed by atoms with Crippen LogP contribution < -0.4 is 30.8 Å². The Kier molecular flexibility index (Phi) is 13.0. The average molecular weight is 904 g/mol. The van der Waals surface area contributed by atoms with Gasteiger partial charge in [-0.1, -0.05) is 29.4 Å². The van der Waals surface area contributed by atoms with Crippen LogP contribution in [-0.4, -0.2) is 108 Å². The molecule has 8 rings (SSSR count). The minimum atomic E-state index is -1.41. The number of phenolic OH excluding ortho intramolecular Hbond substituents is 1. The molecule has 0 unspecified atom stereocenters. The second kappa shape index (κ2) is 18.4. The van der Waals surface area contributed by atoms with Crippen molar-refractivity contribution in [3.05, 3.63) is 110 Å². The van der Waals surface area contributed by atoms with Crippen molar-refractivity contribution in [3.8, 4) is 5.75 Å². The number of phenols is 1. The summed E-state index contributed by atoms with van der Waals surface area (Å²) in [5.41, 5.74) is 10.0. The number of benzene rings is 1. The highest BCUT2D eigenvalue weighted by Gasteiger charge is 2.55. The van der Waals surface area contributed by atoms with Crippen molar-refractivity contribution in [1.82, 2.24) is 25.4 Å². The van der Waals surface area contributed by atoms with Crippen LogP contribution in [0.4, 0.5) is 0 Å². The lowest BCUT2D eigenvalue weighted by Gasteiger charge is -2.50. The smallest absolute Gasteiger partial charge is 0.352 e. The minimum absolute atomic E-state index is 0.0461. The summed E-state index contributed by atoms with van der Waals surface area (Å²) in [6.45, 7) is 2.13. The van der Waals surface area contributed by atoms with Gasteiger partial charge in [0.25, 0.3) is 17.7 Å². The van der Waals surface area contributed by atoms with Gasteiger partial charge < -0.3 is 46.3 Å².